The lowest BCUT2D eigenvalue weighted by Gasteiger charge is -2.07. The van der Waals surface area contributed by atoms with Crippen molar-refractivity contribution < 1.29 is 9.18 Å². The molecular formula is C7H10FN5O. The predicted octanol–water partition coefficient (Wildman–Crippen LogP) is -0.557. The Kier molecular flexibility index (Phi) is 2.40. The zero-order valence-corrected chi connectivity index (χ0v) is 7.33. The largest absolute Gasteiger partial charge is 0.303 e. The topological polar surface area (TPSA) is 82.7 Å². The fourth-order valence-corrected chi connectivity index (χ4v) is 1.36. The maximum absolute atomic E-state index is 12.7. The number of amides is 1. The number of H-pyrrole nitrogens is 1. The molecule has 1 aromatic rings. The van der Waals surface area contributed by atoms with E-state index >= 15 is 0 Å². The normalized spacial score (nSPS) is 26.4. The van der Waals surface area contributed by atoms with Gasteiger partial charge in [0, 0.05) is 13.0 Å². The molecule has 7 heteroatoms. The van der Waals surface area contributed by atoms with Crippen LogP contribution in [0.2, 0.25) is 0 Å². The van der Waals surface area contributed by atoms with Crippen molar-refractivity contribution in [2.24, 2.45) is 0 Å². The van der Waals surface area contributed by atoms with Gasteiger partial charge in [-0.3, -0.25) is 10.1 Å². The van der Waals surface area contributed by atoms with E-state index in [4.69, 9.17) is 0 Å². The number of halogens is 1. The maximum Gasteiger partial charge on any atom is 0.243 e. The summed E-state index contributed by atoms with van der Waals surface area (Å²) in [5, 5.41) is 11.3. The van der Waals surface area contributed by atoms with Crippen molar-refractivity contribution in [2.45, 2.75) is 18.6 Å². The summed E-state index contributed by atoms with van der Waals surface area (Å²) >= 11 is 0. The molecule has 0 saturated carbocycles. The number of carbonyl (C=O) groups is 1. The summed E-state index contributed by atoms with van der Waals surface area (Å²) in [4.78, 5) is 15.2. The van der Waals surface area contributed by atoms with E-state index in [9.17, 15) is 9.18 Å². The highest BCUT2D eigenvalue weighted by Gasteiger charge is 2.29. The van der Waals surface area contributed by atoms with Crippen molar-refractivity contribution in [1.82, 2.24) is 20.5 Å². The van der Waals surface area contributed by atoms with Crippen LogP contribution >= 0.6 is 0 Å². The molecule has 76 valence electrons. The molecule has 2 rings (SSSR count). The van der Waals surface area contributed by atoms with Crippen molar-refractivity contribution >= 4 is 11.9 Å². The zero-order chi connectivity index (χ0) is 9.97. The lowest BCUT2D eigenvalue weighted by Crippen LogP contribution is -2.35. The fraction of sp³-hybridized carbons (Fsp3) is 0.571. The number of nitrogens with zero attached hydrogens (tertiary/aromatic N) is 2. The van der Waals surface area contributed by atoms with E-state index in [1.54, 1.807) is 0 Å². The first-order valence-corrected chi connectivity index (χ1v) is 4.29. The maximum atomic E-state index is 12.7. The molecule has 0 unspecified atom stereocenters. The third-order valence-corrected chi connectivity index (χ3v) is 2.05. The second-order valence-corrected chi connectivity index (χ2v) is 3.12. The first-order chi connectivity index (χ1) is 6.75. The van der Waals surface area contributed by atoms with Crippen LogP contribution in [0, 0.1) is 0 Å². The Morgan fingerprint density at radius 2 is 2.57 bits per heavy atom. The molecule has 3 N–H and O–H groups in total. The molecule has 0 aromatic carbocycles. The van der Waals surface area contributed by atoms with Gasteiger partial charge in [0.05, 0.1) is 6.04 Å². The first kappa shape index (κ1) is 9.07. The highest BCUT2D eigenvalue weighted by Crippen LogP contribution is 2.11. The number of carbonyl (C=O) groups excluding carboxylic acids is 1. The van der Waals surface area contributed by atoms with Crippen LogP contribution in [0.4, 0.5) is 10.3 Å². The Morgan fingerprint density at radius 1 is 1.71 bits per heavy atom. The minimum Gasteiger partial charge on any atom is -0.303 e. The number of anilines is 1. The Hall–Kier alpha value is -1.50. The second-order valence-electron chi connectivity index (χ2n) is 3.12. The van der Waals surface area contributed by atoms with Crippen molar-refractivity contribution in [3.05, 3.63) is 6.33 Å². The molecule has 6 nitrogen and oxygen atoms in total. The van der Waals surface area contributed by atoms with E-state index in [-0.39, 0.29) is 24.8 Å². The van der Waals surface area contributed by atoms with E-state index in [0.29, 0.717) is 0 Å². The second kappa shape index (κ2) is 3.70. The van der Waals surface area contributed by atoms with Gasteiger partial charge in [-0.1, -0.05) is 0 Å². The van der Waals surface area contributed by atoms with Gasteiger partial charge >= 0.3 is 0 Å². The van der Waals surface area contributed by atoms with Crippen LogP contribution in [0.3, 0.4) is 0 Å². The van der Waals surface area contributed by atoms with Gasteiger partial charge in [-0.05, 0) is 0 Å². The van der Waals surface area contributed by atoms with Gasteiger partial charge in [-0.15, -0.1) is 0 Å². The molecule has 1 aliphatic rings. The van der Waals surface area contributed by atoms with Crippen molar-refractivity contribution in [2.75, 3.05) is 11.9 Å². The zero-order valence-electron chi connectivity index (χ0n) is 7.33. The number of aromatic amines is 1. The van der Waals surface area contributed by atoms with Crippen LogP contribution in [0.15, 0.2) is 6.33 Å². The van der Waals surface area contributed by atoms with Crippen LogP contribution in [0.25, 0.3) is 0 Å². The summed E-state index contributed by atoms with van der Waals surface area (Å²) in [6, 6.07) is -0.477. The number of hydrogen-bond donors (Lipinski definition) is 3. The number of nitrogens with one attached hydrogen (secondary N) is 3. The lowest BCUT2D eigenvalue weighted by atomic mass is 10.2. The smallest absolute Gasteiger partial charge is 0.243 e. The quantitative estimate of drug-likeness (QED) is 0.596. The van der Waals surface area contributed by atoms with Crippen LogP contribution < -0.4 is 10.6 Å². The molecule has 2 heterocycles. The van der Waals surface area contributed by atoms with Gasteiger partial charge in [0.15, 0.2) is 0 Å². The Balaban J connectivity index is 1.90. The van der Waals surface area contributed by atoms with Crippen molar-refractivity contribution in [3.8, 4) is 0 Å². The molecule has 0 aliphatic carbocycles. The average molecular weight is 199 g/mol. The van der Waals surface area contributed by atoms with Crippen LogP contribution in [-0.4, -0.2) is 39.8 Å². The third kappa shape index (κ3) is 1.87. The summed E-state index contributed by atoms with van der Waals surface area (Å²) in [5.74, 6) is -0.0130. The molecule has 14 heavy (non-hydrogen) atoms. The fourth-order valence-electron chi connectivity index (χ4n) is 1.36. The highest BCUT2D eigenvalue weighted by molar-refractivity contribution is 5.93. The van der Waals surface area contributed by atoms with Gasteiger partial charge in [-0.25, -0.2) is 9.49 Å². The molecule has 1 fully saturated rings. The molecule has 0 spiro atoms. The lowest BCUT2D eigenvalue weighted by molar-refractivity contribution is -0.117. The first-order valence-electron chi connectivity index (χ1n) is 4.29. The van der Waals surface area contributed by atoms with E-state index in [1.165, 1.54) is 6.33 Å². The summed E-state index contributed by atoms with van der Waals surface area (Å²) < 4.78 is 12.7. The van der Waals surface area contributed by atoms with Gasteiger partial charge in [0.2, 0.25) is 11.9 Å². The Labute approximate surface area is 79.3 Å². The van der Waals surface area contributed by atoms with Gasteiger partial charge in [0.1, 0.15) is 12.5 Å². The van der Waals surface area contributed by atoms with Crippen LogP contribution in [0.5, 0.6) is 0 Å². The molecule has 1 saturated heterocycles. The number of aromatic nitrogens is 3. The minimum absolute atomic E-state index is 0.208. The third-order valence-electron chi connectivity index (χ3n) is 2.05. The Morgan fingerprint density at radius 3 is 3.14 bits per heavy atom. The molecule has 0 bridgehead atoms. The SMILES string of the molecule is O=C(Nc1ncn[nH]1)[C@H]1C[C@H](F)CN1. The summed E-state index contributed by atoms with van der Waals surface area (Å²) in [7, 11) is 0. The predicted molar refractivity (Wildman–Crippen MR) is 46.3 cm³/mol. The number of alkyl halides is 1. The summed E-state index contributed by atoms with van der Waals surface area (Å²) in [6.07, 6.45) is 0.552. The standard InChI is InChI=1S/C7H10FN5O/c8-4-1-5(9-2-4)6(14)12-7-10-3-11-13-7/h3-5,9H,1-2H2,(H2,10,11,12,13,14)/t4-,5+/m0/s1. The number of rotatable bonds is 2. The average Bonchev–Trinajstić information content (AvgIpc) is 2.75. The van der Waals surface area contributed by atoms with Gasteiger partial charge < -0.3 is 5.32 Å². The molecule has 2 atom stereocenters. The van der Waals surface area contributed by atoms with Gasteiger partial charge in [0.25, 0.3) is 0 Å². The molecular weight excluding hydrogens is 189 g/mol. The van der Waals surface area contributed by atoms with Crippen LogP contribution in [-0.2, 0) is 4.79 Å². The minimum atomic E-state index is -0.944. The van der Waals surface area contributed by atoms with Gasteiger partial charge in [-0.2, -0.15) is 10.1 Å². The Bertz CT molecular complexity index is 314. The summed E-state index contributed by atoms with van der Waals surface area (Å²) in [6.45, 7) is 0.231. The highest BCUT2D eigenvalue weighted by atomic mass is 19.1. The molecule has 1 aromatic heterocycles. The number of hydrogen-bond acceptors (Lipinski definition) is 4. The molecule has 1 amide bonds. The summed E-state index contributed by atoms with van der Waals surface area (Å²) in [5.41, 5.74) is 0. The monoisotopic (exact) mass is 199 g/mol. The van der Waals surface area contributed by atoms with E-state index in [1.807, 2.05) is 0 Å². The van der Waals surface area contributed by atoms with E-state index < -0.39 is 12.2 Å². The van der Waals surface area contributed by atoms with Crippen molar-refractivity contribution in [3.63, 3.8) is 0 Å². The van der Waals surface area contributed by atoms with E-state index in [0.717, 1.165) is 0 Å². The van der Waals surface area contributed by atoms with Crippen molar-refractivity contribution in [1.29, 1.82) is 0 Å². The van der Waals surface area contributed by atoms with Crippen LogP contribution in [0.1, 0.15) is 6.42 Å². The molecule has 1 aliphatic heterocycles. The van der Waals surface area contributed by atoms with E-state index in [2.05, 4.69) is 25.8 Å². The molecule has 0 radical (unpaired) electrons.